The highest BCUT2D eigenvalue weighted by atomic mass is 79.9. The smallest absolute Gasteiger partial charge is 0.154 e. The van der Waals surface area contributed by atoms with Gasteiger partial charge in [-0.2, -0.15) is 5.10 Å². The third kappa shape index (κ3) is 1.03. The molecule has 0 aliphatic carbocycles. The summed E-state index contributed by atoms with van der Waals surface area (Å²) in [6.45, 7) is 2.02. The Morgan fingerprint density at radius 2 is 2.25 bits per heavy atom. The molecule has 62 valence electrons. The summed E-state index contributed by atoms with van der Waals surface area (Å²) in [5, 5.41) is 4.20. The number of aromatic nitrogens is 3. The molecule has 0 fully saturated rings. The van der Waals surface area contributed by atoms with Gasteiger partial charge < -0.3 is 0 Å². The van der Waals surface area contributed by atoms with Gasteiger partial charge in [-0.3, -0.25) is 9.67 Å². The number of aryl methyl sites for hydroxylation is 2. The number of halogens is 1. The zero-order chi connectivity index (χ0) is 8.72. The lowest BCUT2D eigenvalue weighted by Gasteiger charge is -1.93. The molecule has 3 nitrogen and oxygen atoms in total. The molecule has 2 heterocycles. The van der Waals surface area contributed by atoms with Crippen molar-refractivity contribution in [1.29, 1.82) is 0 Å². The molecule has 0 bridgehead atoms. The molecule has 0 saturated carbocycles. The summed E-state index contributed by atoms with van der Waals surface area (Å²) in [4.78, 5) is 4.27. The van der Waals surface area contributed by atoms with Crippen LogP contribution >= 0.6 is 15.9 Å². The van der Waals surface area contributed by atoms with E-state index in [9.17, 15) is 0 Å². The topological polar surface area (TPSA) is 30.7 Å². The summed E-state index contributed by atoms with van der Waals surface area (Å²) in [6.07, 6.45) is 1.84. The van der Waals surface area contributed by atoms with Crippen LogP contribution in [0.5, 0.6) is 0 Å². The summed E-state index contributed by atoms with van der Waals surface area (Å²) >= 11 is 3.35. The van der Waals surface area contributed by atoms with E-state index in [2.05, 4.69) is 32.1 Å². The van der Waals surface area contributed by atoms with Gasteiger partial charge in [-0.1, -0.05) is 0 Å². The molecule has 2 aromatic heterocycles. The lowest BCUT2D eigenvalue weighted by molar-refractivity contribution is 0.788. The minimum absolute atomic E-state index is 0.806. The Bertz CT molecular complexity index is 433. The van der Waals surface area contributed by atoms with E-state index in [-0.39, 0.29) is 0 Å². The largest absolute Gasteiger partial charge is 0.265 e. The summed E-state index contributed by atoms with van der Waals surface area (Å²) in [5.74, 6) is 0. The third-order valence-electron chi connectivity index (χ3n) is 1.79. The Hall–Kier alpha value is -0.900. The zero-order valence-electron chi connectivity index (χ0n) is 6.87. The Kier molecular flexibility index (Phi) is 1.65. The monoisotopic (exact) mass is 225 g/mol. The van der Waals surface area contributed by atoms with Crippen molar-refractivity contribution >= 4 is 27.0 Å². The Morgan fingerprint density at radius 1 is 1.50 bits per heavy atom. The number of hydrogen-bond acceptors (Lipinski definition) is 2. The molecule has 2 aromatic rings. The van der Waals surface area contributed by atoms with Crippen LogP contribution in [0.1, 0.15) is 5.56 Å². The van der Waals surface area contributed by atoms with Crippen LogP contribution in [0.25, 0.3) is 11.0 Å². The summed E-state index contributed by atoms with van der Waals surface area (Å²) in [7, 11) is 1.91. The first-order valence-corrected chi connectivity index (χ1v) is 4.42. The summed E-state index contributed by atoms with van der Waals surface area (Å²) in [5.41, 5.74) is 3.13. The molecule has 0 unspecified atom stereocenters. The molecule has 0 amide bonds. The van der Waals surface area contributed by atoms with Crippen molar-refractivity contribution in [3.8, 4) is 0 Å². The maximum Gasteiger partial charge on any atom is 0.154 e. The van der Waals surface area contributed by atoms with Gasteiger partial charge >= 0.3 is 0 Å². The fourth-order valence-electron chi connectivity index (χ4n) is 1.19. The quantitative estimate of drug-likeness (QED) is 0.688. The van der Waals surface area contributed by atoms with E-state index in [0.29, 0.717) is 0 Å². The van der Waals surface area contributed by atoms with Crippen molar-refractivity contribution in [3.05, 3.63) is 22.4 Å². The van der Waals surface area contributed by atoms with Crippen LogP contribution in [-0.2, 0) is 7.05 Å². The van der Waals surface area contributed by atoms with E-state index in [1.807, 2.05) is 24.9 Å². The highest BCUT2D eigenvalue weighted by Crippen LogP contribution is 2.20. The number of nitrogens with zero attached hydrogens (tertiary/aromatic N) is 3. The first-order chi connectivity index (χ1) is 5.68. The molecular formula is C8H8BrN3. The van der Waals surface area contributed by atoms with Gasteiger partial charge in [0.15, 0.2) is 4.60 Å². The minimum atomic E-state index is 0.806. The SMILES string of the molecule is Cc1cnc2c(Br)nn(C)c2c1. The van der Waals surface area contributed by atoms with Crippen LogP contribution in [0.3, 0.4) is 0 Å². The highest BCUT2D eigenvalue weighted by molar-refractivity contribution is 9.10. The fourth-order valence-corrected chi connectivity index (χ4v) is 1.74. The van der Waals surface area contributed by atoms with Gasteiger partial charge in [0.25, 0.3) is 0 Å². The van der Waals surface area contributed by atoms with Crippen LogP contribution in [0.4, 0.5) is 0 Å². The summed E-state index contributed by atoms with van der Waals surface area (Å²) < 4.78 is 2.62. The zero-order valence-corrected chi connectivity index (χ0v) is 8.46. The summed E-state index contributed by atoms with van der Waals surface area (Å²) in [6, 6.07) is 2.07. The second-order valence-corrected chi connectivity index (χ2v) is 3.55. The third-order valence-corrected chi connectivity index (χ3v) is 2.32. The molecule has 2 rings (SSSR count). The van der Waals surface area contributed by atoms with Gasteiger partial charge in [0.2, 0.25) is 0 Å². The maximum absolute atomic E-state index is 4.27. The molecule has 0 radical (unpaired) electrons. The fraction of sp³-hybridized carbons (Fsp3) is 0.250. The number of pyridine rings is 1. The van der Waals surface area contributed by atoms with Crippen LogP contribution in [0.2, 0.25) is 0 Å². The molecule has 0 N–H and O–H groups in total. The van der Waals surface area contributed by atoms with Gasteiger partial charge in [-0.15, -0.1) is 0 Å². The molecule has 0 aliphatic rings. The van der Waals surface area contributed by atoms with E-state index in [1.54, 1.807) is 0 Å². The Labute approximate surface area is 78.5 Å². The maximum atomic E-state index is 4.27. The first kappa shape index (κ1) is 7.73. The van der Waals surface area contributed by atoms with Crippen molar-refractivity contribution in [1.82, 2.24) is 14.8 Å². The average molecular weight is 226 g/mol. The molecule has 0 atom stereocenters. The van der Waals surface area contributed by atoms with E-state index >= 15 is 0 Å². The first-order valence-electron chi connectivity index (χ1n) is 3.63. The van der Waals surface area contributed by atoms with E-state index in [4.69, 9.17) is 0 Å². The average Bonchev–Trinajstić information content (AvgIpc) is 2.28. The van der Waals surface area contributed by atoms with Crippen LogP contribution in [0.15, 0.2) is 16.9 Å². The molecule has 0 aromatic carbocycles. The molecule has 4 heteroatoms. The van der Waals surface area contributed by atoms with Crippen LogP contribution in [-0.4, -0.2) is 14.8 Å². The highest BCUT2D eigenvalue weighted by Gasteiger charge is 2.05. The molecule has 0 aliphatic heterocycles. The second-order valence-electron chi connectivity index (χ2n) is 2.79. The standard InChI is InChI=1S/C8H8BrN3/c1-5-3-6-7(10-4-5)8(9)11-12(6)2/h3-4H,1-2H3. The molecular weight excluding hydrogens is 218 g/mol. The van der Waals surface area contributed by atoms with Gasteiger partial charge in [-0.25, -0.2) is 0 Å². The van der Waals surface area contributed by atoms with Crippen molar-refractivity contribution < 1.29 is 0 Å². The van der Waals surface area contributed by atoms with E-state index in [0.717, 1.165) is 21.2 Å². The molecule has 0 spiro atoms. The van der Waals surface area contributed by atoms with Crippen LogP contribution in [0, 0.1) is 6.92 Å². The number of hydrogen-bond donors (Lipinski definition) is 0. The van der Waals surface area contributed by atoms with Crippen molar-refractivity contribution in [2.75, 3.05) is 0 Å². The molecule has 0 saturated heterocycles. The normalized spacial score (nSPS) is 10.9. The predicted molar refractivity (Wildman–Crippen MR) is 50.9 cm³/mol. The van der Waals surface area contributed by atoms with Gasteiger partial charge in [0.1, 0.15) is 5.52 Å². The number of fused-ring (bicyclic) bond motifs is 1. The number of rotatable bonds is 0. The van der Waals surface area contributed by atoms with E-state index in [1.165, 1.54) is 0 Å². The Morgan fingerprint density at radius 3 is 3.00 bits per heavy atom. The predicted octanol–water partition coefficient (Wildman–Crippen LogP) is 2.04. The van der Waals surface area contributed by atoms with Crippen LogP contribution < -0.4 is 0 Å². The second kappa shape index (κ2) is 2.55. The Balaban J connectivity index is 2.90. The van der Waals surface area contributed by atoms with Crippen molar-refractivity contribution in [2.45, 2.75) is 6.92 Å². The minimum Gasteiger partial charge on any atom is -0.265 e. The van der Waals surface area contributed by atoms with Gasteiger partial charge in [-0.05, 0) is 34.5 Å². The van der Waals surface area contributed by atoms with Crippen molar-refractivity contribution in [2.24, 2.45) is 7.05 Å². The lowest BCUT2D eigenvalue weighted by atomic mass is 10.3. The van der Waals surface area contributed by atoms with Crippen molar-refractivity contribution in [3.63, 3.8) is 0 Å². The van der Waals surface area contributed by atoms with Gasteiger partial charge in [0, 0.05) is 13.2 Å². The van der Waals surface area contributed by atoms with Gasteiger partial charge in [0.05, 0.1) is 5.52 Å². The molecule has 12 heavy (non-hydrogen) atoms. The lowest BCUT2D eigenvalue weighted by Crippen LogP contribution is -1.89. The van der Waals surface area contributed by atoms with E-state index < -0.39 is 0 Å².